The van der Waals surface area contributed by atoms with Crippen molar-refractivity contribution in [2.45, 2.75) is 6.61 Å². The lowest BCUT2D eigenvalue weighted by atomic mass is 10.2. The largest absolute Gasteiger partial charge is 0.504 e. The zero-order chi connectivity index (χ0) is 9.84. The van der Waals surface area contributed by atoms with Gasteiger partial charge in [-0.2, -0.15) is 0 Å². The highest BCUT2D eigenvalue weighted by Gasteiger charge is 2.09. The molecule has 72 valence electrons. The van der Waals surface area contributed by atoms with Gasteiger partial charge >= 0.3 is 0 Å². The van der Waals surface area contributed by atoms with Gasteiger partial charge in [0.15, 0.2) is 11.5 Å². The molecular weight excluding hydrogens is 172 g/mol. The minimum Gasteiger partial charge on any atom is -0.504 e. The maximum atomic E-state index is 9.42. The molecule has 0 saturated carbocycles. The molecule has 0 amide bonds. The first kappa shape index (κ1) is 9.67. The summed E-state index contributed by atoms with van der Waals surface area (Å²) in [6, 6.07) is 3.04. The monoisotopic (exact) mass is 184 g/mol. The first-order chi connectivity index (χ1) is 6.22. The Morgan fingerprint density at radius 1 is 1.23 bits per heavy atom. The van der Waals surface area contributed by atoms with E-state index in [4.69, 9.17) is 14.6 Å². The second-order valence-electron chi connectivity index (χ2n) is 2.50. The molecule has 0 radical (unpaired) electrons. The third kappa shape index (κ3) is 1.84. The van der Waals surface area contributed by atoms with Crippen LogP contribution in [0.2, 0.25) is 0 Å². The van der Waals surface area contributed by atoms with Gasteiger partial charge in [-0.1, -0.05) is 0 Å². The number of rotatable bonds is 3. The standard InChI is InChI=1S/C9H12O4/c1-12-7-3-6(5-10)9(13-2)8(11)4-7/h3-4,10-11H,5H2,1-2H3. The van der Waals surface area contributed by atoms with Crippen LogP contribution in [-0.4, -0.2) is 24.4 Å². The van der Waals surface area contributed by atoms with Crippen LogP contribution in [0.5, 0.6) is 17.2 Å². The van der Waals surface area contributed by atoms with Gasteiger partial charge in [0.05, 0.1) is 20.8 Å². The molecule has 4 heteroatoms. The SMILES string of the molecule is COc1cc(O)c(OC)c(CO)c1. The number of hydrogen-bond donors (Lipinski definition) is 2. The summed E-state index contributed by atoms with van der Waals surface area (Å²) in [5, 5.41) is 18.4. The predicted molar refractivity (Wildman–Crippen MR) is 47.1 cm³/mol. The van der Waals surface area contributed by atoms with Crippen molar-refractivity contribution in [2.75, 3.05) is 14.2 Å². The maximum absolute atomic E-state index is 9.42. The molecule has 0 aliphatic heterocycles. The van der Waals surface area contributed by atoms with Gasteiger partial charge in [-0.25, -0.2) is 0 Å². The molecule has 0 bridgehead atoms. The van der Waals surface area contributed by atoms with Gasteiger partial charge in [0.25, 0.3) is 0 Å². The molecule has 0 atom stereocenters. The van der Waals surface area contributed by atoms with Crippen molar-refractivity contribution in [1.29, 1.82) is 0 Å². The van der Waals surface area contributed by atoms with Crippen molar-refractivity contribution in [3.8, 4) is 17.2 Å². The average molecular weight is 184 g/mol. The van der Waals surface area contributed by atoms with Crippen molar-refractivity contribution in [1.82, 2.24) is 0 Å². The first-order valence-electron chi connectivity index (χ1n) is 3.77. The zero-order valence-corrected chi connectivity index (χ0v) is 7.57. The molecule has 0 spiro atoms. The Hall–Kier alpha value is -1.42. The van der Waals surface area contributed by atoms with E-state index in [1.807, 2.05) is 0 Å². The van der Waals surface area contributed by atoms with Gasteiger partial charge in [-0.05, 0) is 6.07 Å². The Morgan fingerprint density at radius 2 is 1.92 bits per heavy atom. The van der Waals surface area contributed by atoms with Crippen molar-refractivity contribution >= 4 is 0 Å². The van der Waals surface area contributed by atoms with E-state index >= 15 is 0 Å². The smallest absolute Gasteiger partial charge is 0.166 e. The summed E-state index contributed by atoms with van der Waals surface area (Å²) in [5.74, 6) is 0.733. The molecule has 0 aliphatic carbocycles. The van der Waals surface area contributed by atoms with Crippen molar-refractivity contribution < 1.29 is 19.7 Å². The van der Waals surface area contributed by atoms with Crippen molar-refractivity contribution in [3.05, 3.63) is 17.7 Å². The number of phenols is 1. The molecular formula is C9H12O4. The average Bonchev–Trinajstić information content (AvgIpc) is 2.16. The van der Waals surface area contributed by atoms with Gasteiger partial charge in [0.1, 0.15) is 5.75 Å². The topological polar surface area (TPSA) is 58.9 Å². The number of aliphatic hydroxyl groups is 1. The normalized spacial score (nSPS) is 9.77. The maximum Gasteiger partial charge on any atom is 0.166 e. The number of benzene rings is 1. The third-order valence-corrected chi connectivity index (χ3v) is 1.73. The Balaban J connectivity index is 3.20. The molecule has 0 saturated heterocycles. The van der Waals surface area contributed by atoms with Crippen LogP contribution >= 0.6 is 0 Å². The van der Waals surface area contributed by atoms with Gasteiger partial charge in [0.2, 0.25) is 0 Å². The molecule has 0 unspecified atom stereocenters. The van der Waals surface area contributed by atoms with Crippen LogP contribution in [0.4, 0.5) is 0 Å². The molecule has 0 heterocycles. The number of aliphatic hydroxyl groups excluding tert-OH is 1. The van der Waals surface area contributed by atoms with E-state index in [1.54, 1.807) is 6.07 Å². The van der Waals surface area contributed by atoms with Crippen LogP contribution in [-0.2, 0) is 6.61 Å². The zero-order valence-electron chi connectivity index (χ0n) is 7.57. The molecule has 0 fully saturated rings. The molecule has 2 N–H and O–H groups in total. The third-order valence-electron chi connectivity index (χ3n) is 1.73. The fourth-order valence-electron chi connectivity index (χ4n) is 1.11. The summed E-state index contributed by atoms with van der Waals surface area (Å²) in [6.45, 7) is -0.200. The lowest BCUT2D eigenvalue weighted by Gasteiger charge is -2.10. The van der Waals surface area contributed by atoms with Crippen LogP contribution in [0.25, 0.3) is 0 Å². The summed E-state index contributed by atoms with van der Waals surface area (Å²) in [5.41, 5.74) is 0.499. The predicted octanol–water partition coefficient (Wildman–Crippen LogP) is 0.902. The van der Waals surface area contributed by atoms with Gasteiger partial charge in [-0.3, -0.25) is 0 Å². The summed E-state index contributed by atoms with van der Waals surface area (Å²) in [4.78, 5) is 0. The second kappa shape index (κ2) is 4.00. The van der Waals surface area contributed by atoms with Crippen LogP contribution in [0.1, 0.15) is 5.56 Å². The van der Waals surface area contributed by atoms with E-state index in [-0.39, 0.29) is 18.1 Å². The molecule has 0 aromatic heterocycles. The second-order valence-corrected chi connectivity index (χ2v) is 2.50. The Kier molecular flexibility index (Phi) is 2.97. The van der Waals surface area contributed by atoms with E-state index < -0.39 is 0 Å². The van der Waals surface area contributed by atoms with Gasteiger partial charge in [-0.15, -0.1) is 0 Å². The number of phenolic OH excluding ortho intramolecular Hbond substituents is 1. The summed E-state index contributed by atoms with van der Waals surface area (Å²) >= 11 is 0. The molecule has 1 rings (SSSR count). The minimum absolute atomic E-state index is 0.0362. The Labute approximate surface area is 76.3 Å². The highest BCUT2D eigenvalue weighted by molar-refractivity contribution is 5.50. The molecule has 13 heavy (non-hydrogen) atoms. The summed E-state index contributed by atoms with van der Waals surface area (Å²) in [6.07, 6.45) is 0. The van der Waals surface area contributed by atoms with Gasteiger partial charge < -0.3 is 19.7 Å². The van der Waals surface area contributed by atoms with Crippen LogP contribution in [0.3, 0.4) is 0 Å². The highest BCUT2D eigenvalue weighted by atomic mass is 16.5. The highest BCUT2D eigenvalue weighted by Crippen LogP contribution is 2.34. The van der Waals surface area contributed by atoms with E-state index in [9.17, 15) is 5.11 Å². The van der Waals surface area contributed by atoms with Crippen LogP contribution in [0, 0.1) is 0 Å². The molecule has 4 nitrogen and oxygen atoms in total. The number of aromatic hydroxyl groups is 1. The van der Waals surface area contributed by atoms with Crippen LogP contribution < -0.4 is 9.47 Å². The van der Waals surface area contributed by atoms with Crippen molar-refractivity contribution in [2.24, 2.45) is 0 Å². The van der Waals surface area contributed by atoms with E-state index in [0.29, 0.717) is 11.3 Å². The van der Waals surface area contributed by atoms with Crippen molar-refractivity contribution in [3.63, 3.8) is 0 Å². The minimum atomic E-state index is -0.200. The first-order valence-corrected chi connectivity index (χ1v) is 3.77. The quantitative estimate of drug-likeness (QED) is 0.732. The summed E-state index contributed by atoms with van der Waals surface area (Å²) < 4.78 is 9.81. The lowest BCUT2D eigenvalue weighted by molar-refractivity contribution is 0.269. The molecule has 1 aromatic carbocycles. The molecule has 0 aliphatic rings. The summed E-state index contributed by atoms with van der Waals surface area (Å²) in [7, 11) is 2.92. The lowest BCUT2D eigenvalue weighted by Crippen LogP contribution is -1.94. The van der Waals surface area contributed by atoms with Gasteiger partial charge in [0, 0.05) is 11.6 Å². The van der Waals surface area contributed by atoms with E-state index in [1.165, 1.54) is 20.3 Å². The fraction of sp³-hybridized carbons (Fsp3) is 0.333. The Bertz CT molecular complexity index is 296. The number of methoxy groups -OCH3 is 2. The fourth-order valence-corrected chi connectivity index (χ4v) is 1.11. The van der Waals surface area contributed by atoms with Crippen LogP contribution in [0.15, 0.2) is 12.1 Å². The van der Waals surface area contributed by atoms with E-state index in [0.717, 1.165) is 0 Å². The van der Waals surface area contributed by atoms with E-state index in [2.05, 4.69) is 0 Å². The molecule has 1 aromatic rings. The number of hydrogen-bond acceptors (Lipinski definition) is 4. The Morgan fingerprint density at radius 3 is 2.38 bits per heavy atom. The number of ether oxygens (including phenoxy) is 2.